The first-order valence-corrected chi connectivity index (χ1v) is 11.1. The van der Waals surface area contributed by atoms with Crippen LogP contribution in [0.15, 0.2) is 24.5 Å². The highest BCUT2D eigenvalue weighted by Gasteiger charge is 2.45. The highest BCUT2D eigenvalue weighted by molar-refractivity contribution is 7.89. The van der Waals surface area contributed by atoms with E-state index in [2.05, 4.69) is 21.1 Å². The third kappa shape index (κ3) is 4.77. The van der Waals surface area contributed by atoms with Gasteiger partial charge in [0.1, 0.15) is 0 Å². The van der Waals surface area contributed by atoms with Crippen molar-refractivity contribution in [2.45, 2.75) is 50.9 Å². The summed E-state index contributed by atoms with van der Waals surface area (Å²) in [6.07, 6.45) is 9.38. The number of sulfonamides is 1. The van der Waals surface area contributed by atoms with Gasteiger partial charge in [-0.15, -0.1) is 0 Å². The Labute approximate surface area is 157 Å². The van der Waals surface area contributed by atoms with E-state index >= 15 is 0 Å². The molecule has 0 aliphatic heterocycles. The zero-order valence-electron chi connectivity index (χ0n) is 15.1. The van der Waals surface area contributed by atoms with Gasteiger partial charge in [-0.25, -0.2) is 13.1 Å². The fourth-order valence-electron chi connectivity index (χ4n) is 4.03. The molecular formula is C18H29N3O2S2. The molecule has 1 aromatic rings. The van der Waals surface area contributed by atoms with Crippen molar-refractivity contribution in [3.63, 3.8) is 0 Å². The Balaban J connectivity index is 2.22. The minimum atomic E-state index is -3.17. The summed E-state index contributed by atoms with van der Waals surface area (Å²) in [7, 11) is -1.30. The lowest BCUT2D eigenvalue weighted by Crippen LogP contribution is -2.50. The summed E-state index contributed by atoms with van der Waals surface area (Å²) >= 11 is 5.73. The van der Waals surface area contributed by atoms with Crippen molar-refractivity contribution in [1.82, 2.24) is 15.0 Å². The molecule has 1 fully saturated rings. The molecule has 1 saturated carbocycles. The molecule has 2 atom stereocenters. The molecule has 5 nitrogen and oxygen atoms in total. The van der Waals surface area contributed by atoms with Gasteiger partial charge in [-0.1, -0.05) is 38.0 Å². The summed E-state index contributed by atoms with van der Waals surface area (Å²) in [5, 5.41) is 3.20. The summed E-state index contributed by atoms with van der Waals surface area (Å²) in [5.74, 6) is 0.482. The van der Waals surface area contributed by atoms with Gasteiger partial charge in [-0.3, -0.25) is 4.98 Å². The Morgan fingerprint density at radius 2 is 2.24 bits per heavy atom. The van der Waals surface area contributed by atoms with Crippen LogP contribution >= 0.6 is 12.2 Å². The fourth-order valence-corrected chi connectivity index (χ4v) is 5.52. The normalized spacial score (nSPS) is 24.0. The lowest BCUT2D eigenvalue weighted by molar-refractivity contribution is 0.239. The second-order valence-electron chi connectivity index (χ2n) is 6.74. The van der Waals surface area contributed by atoms with Crippen LogP contribution in [0.2, 0.25) is 0 Å². The van der Waals surface area contributed by atoms with Gasteiger partial charge in [0.25, 0.3) is 0 Å². The summed E-state index contributed by atoms with van der Waals surface area (Å²) in [5.41, 5.74) is 0.878. The molecule has 0 aromatic carbocycles. The van der Waals surface area contributed by atoms with E-state index in [0.29, 0.717) is 18.9 Å². The van der Waals surface area contributed by atoms with Crippen molar-refractivity contribution in [2.75, 3.05) is 19.3 Å². The Kier molecular flexibility index (Phi) is 7.34. The maximum Gasteiger partial charge on any atom is 0.211 e. The number of rotatable bonds is 8. The van der Waals surface area contributed by atoms with Crippen molar-refractivity contribution in [1.29, 1.82) is 0 Å². The number of hydrogen-bond acceptors (Lipinski definition) is 4. The number of nitrogens with zero attached hydrogens (tertiary/aromatic N) is 1. The van der Waals surface area contributed by atoms with Crippen molar-refractivity contribution >= 4 is 27.2 Å². The van der Waals surface area contributed by atoms with Gasteiger partial charge < -0.3 is 5.32 Å². The molecule has 0 bridgehead atoms. The molecule has 1 aliphatic carbocycles. The molecule has 140 valence electrons. The number of aromatic nitrogens is 1. The van der Waals surface area contributed by atoms with Crippen molar-refractivity contribution < 1.29 is 8.42 Å². The van der Waals surface area contributed by atoms with Crippen molar-refractivity contribution in [3.8, 4) is 0 Å². The van der Waals surface area contributed by atoms with E-state index in [4.69, 9.17) is 12.2 Å². The first-order valence-electron chi connectivity index (χ1n) is 9.06. The standard InChI is InChI=1S/C18H29N3O2S2/c1-3-13-25(22,23)21-12-9-15-7-4-5-10-18(15,17(24)19-2)16-8-6-11-20-14-16/h6,8,11,14-15,21H,3-5,7,9-10,12-13H2,1-2H3,(H,19,24)/t15-,18-/m1/s1. The fraction of sp³-hybridized carbons (Fsp3) is 0.667. The molecule has 2 N–H and O–H groups in total. The SMILES string of the molecule is CCCS(=O)(=O)NCC[C@H]1CCCC[C@]1(C(=S)NC)c1cccnc1. The zero-order valence-corrected chi connectivity index (χ0v) is 16.8. The van der Waals surface area contributed by atoms with Crippen LogP contribution in [-0.4, -0.2) is 37.7 Å². The van der Waals surface area contributed by atoms with Gasteiger partial charge in [0.15, 0.2) is 0 Å². The van der Waals surface area contributed by atoms with E-state index in [1.54, 1.807) is 6.20 Å². The van der Waals surface area contributed by atoms with E-state index in [1.807, 2.05) is 26.2 Å². The predicted octanol–water partition coefficient (Wildman–Crippen LogP) is 2.78. The minimum absolute atomic E-state index is 0.181. The lowest BCUT2D eigenvalue weighted by Gasteiger charge is -2.45. The molecule has 0 saturated heterocycles. The average Bonchev–Trinajstić information content (AvgIpc) is 2.62. The number of thiocarbonyl (C=S) groups is 1. The molecule has 0 amide bonds. The van der Waals surface area contributed by atoms with E-state index in [1.165, 1.54) is 0 Å². The first-order chi connectivity index (χ1) is 12.0. The van der Waals surface area contributed by atoms with E-state index < -0.39 is 10.0 Å². The van der Waals surface area contributed by atoms with Crippen LogP contribution in [0.1, 0.15) is 51.0 Å². The van der Waals surface area contributed by atoms with Crippen molar-refractivity contribution in [2.24, 2.45) is 5.92 Å². The van der Waals surface area contributed by atoms with Crippen LogP contribution in [0.4, 0.5) is 0 Å². The summed E-state index contributed by atoms with van der Waals surface area (Å²) in [6.45, 7) is 2.33. The molecule has 0 radical (unpaired) electrons. The summed E-state index contributed by atoms with van der Waals surface area (Å²) in [4.78, 5) is 5.14. The third-order valence-electron chi connectivity index (χ3n) is 5.17. The Morgan fingerprint density at radius 1 is 1.44 bits per heavy atom. The number of likely N-dealkylation sites (N-methyl/N-ethyl adjacent to an activating group) is 1. The molecule has 25 heavy (non-hydrogen) atoms. The maximum atomic E-state index is 11.9. The number of hydrogen-bond donors (Lipinski definition) is 2. The van der Waals surface area contributed by atoms with Crippen LogP contribution in [0, 0.1) is 5.92 Å². The van der Waals surface area contributed by atoms with E-state index in [9.17, 15) is 8.42 Å². The topological polar surface area (TPSA) is 71.1 Å². The van der Waals surface area contributed by atoms with Crippen LogP contribution in [0.25, 0.3) is 0 Å². The maximum absolute atomic E-state index is 11.9. The van der Waals surface area contributed by atoms with Crippen LogP contribution < -0.4 is 10.0 Å². The molecule has 7 heteroatoms. The Morgan fingerprint density at radius 3 is 2.88 bits per heavy atom. The third-order valence-corrected chi connectivity index (χ3v) is 7.33. The lowest BCUT2D eigenvalue weighted by atomic mass is 9.61. The van der Waals surface area contributed by atoms with E-state index in [-0.39, 0.29) is 11.2 Å². The van der Waals surface area contributed by atoms with Crippen LogP contribution in [-0.2, 0) is 15.4 Å². The minimum Gasteiger partial charge on any atom is -0.382 e. The predicted molar refractivity (Wildman–Crippen MR) is 106 cm³/mol. The molecular weight excluding hydrogens is 354 g/mol. The second-order valence-corrected chi connectivity index (χ2v) is 9.07. The van der Waals surface area contributed by atoms with Gasteiger partial charge in [0.2, 0.25) is 10.0 Å². The van der Waals surface area contributed by atoms with Gasteiger partial charge in [0, 0.05) is 31.4 Å². The highest BCUT2D eigenvalue weighted by Crippen LogP contribution is 2.46. The smallest absolute Gasteiger partial charge is 0.211 e. The van der Waals surface area contributed by atoms with Crippen LogP contribution in [0.3, 0.4) is 0 Å². The van der Waals surface area contributed by atoms with Gasteiger partial charge in [0.05, 0.1) is 10.7 Å². The molecule has 1 aromatic heterocycles. The largest absolute Gasteiger partial charge is 0.382 e. The summed E-state index contributed by atoms with van der Waals surface area (Å²) in [6, 6.07) is 4.04. The highest BCUT2D eigenvalue weighted by atomic mass is 32.2. The average molecular weight is 384 g/mol. The second kappa shape index (κ2) is 9.05. The molecule has 1 heterocycles. The van der Waals surface area contributed by atoms with Crippen molar-refractivity contribution in [3.05, 3.63) is 30.1 Å². The number of pyridine rings is 1. The first kappa shape index (κ1) is 20.3. The zero-order chi connectivity index (χ0) is 18.3. The summed E-state index contributed by atoms with van der Waals surface area (Å²) < 4.78 is 26.6. The molecule has 0 spiro atoms. The van der Waals surface area contributed by atoms with Crippen LogP contribution in [0.5, 0.6) is 0 Å². The van der Waals surface area contributed by atoms with Gasteiger partial charge >= 0.3 is 0 Å². The quantitative estimate of drug-likeness (QED) is 0.676. The van der Waals surface area contributed by atoms with Gasteiger partial charge in [-0.2, -0.15) is 0 Å². The van der Waals surface area contributed by atoms with Gasteiger partial charge in [-0.05, 0) is 43.2 Å². The monoisotopic (exact) mass is 383 g/mol. The van der Waals surface area contributed by atoms with E-state index in [0.717, 1.165) is 42.7 Å². The molecule has 1 aliphatic rings. The molecule has 2 rings (SSSR count). The molecule has 0 unspecified atom stereocenters. The Bertz CT molecular complexity index is 664. The Hall–Kier alpha value is -1.05. The number of nitrogens with one attached hydrogen (secondary N) is 2.